The van der Waals surface area contributed by atoms with Crippen LogP contribution in [0.5, 0.6) is 0 Å². The predicted octanol–water partition coefficient (Wildman–Crippen LogP) is 20.1. The number of nitrogens with zero attached hydrogens (tertiary/aromatic N) is 6. The Bertz CT molecular complexity index is 3120. The minimum Gasteiger partial charge on any atom is -0.329 e. The van der Waals surface area contributed by atoms with E-state index in [1.807, 2.05) is 61.2 Å². The molecule has 12 nitrogen and oxygen atoms in total. The quantitative estimate of drug-likeness (QED) is 0.0174. The maximum Gasteiger partial charge on any atom is 0.229 e. The lowest BCUT2D eigenvalue weighted by atomic mass is 9.88. The van der Waals surface area contributed by atoms with Gasteiger partial charge in [0.15, 0.2) is 5.78 Å². The van der Waals surface area contributed by atoms with E-state index < -0.39 is 0 Å². The number of nitrogens with two attached hydrogens (primary N) is 1. The van der Waals surface area contributed by atoms with Crippen LogP contribution in [0.3, 0.4) is 0 Å². The van der Waals surface area contributed by atoms with Gasteiger partial charge in [0.05, 0.1) is 0 Å². The molecular formula is C87H120N10O2. The highest BCUT2D eigenvalue weighted by atomic mass is 16.1. The number of rotatable bonds is 33. The fourth-order valence-corrected chi connectivity index (χ4v) is 9.86. The fourth-order valence-electron chi connectivity index (χ4n) is 9.86. The number of carbonyl (C=O) groups is 2. The fraction of sp³-hybridized carbons (Fsp3) is 0.356. The predicted molar refractivity (Wildman–Crippen MR) is 422 cm³/mol. The Morgan fingerprint density at radius 3 is 1.15 bits per heavy atom. The van der Waals surface area contributed by atoms with Crippen LogP contribution in [0.1, 0.15) is 215 Å². The molecule has 2 aromatic carbocycles. The smallest absolute Gasteiger partial charge is 0.229 e. The molecule has 8 rings (SSSR count). The molecule has 0 bridgehead atoms. The van der Waals surface area contributed by atoms with Crippen molar-refractivity contribution in [2.24, 2.45) is 5.73 Å². The number of ketones is 2. The summed E-state index contributed by atoms with van der Waals surface area (Å²) in [5, 5.41) is 10.4. The van der Waals surface area contributed by atoms with Crippen LogP contribution in [-0.4, -0.2) is 87.3 Å². The highest BCUT2D eigenvalue weighted by Crippen LogP contribution is 2.29. The topological polar surface area (TPSA) is 174 Å². The van der Waals surface area contributed by atoms with Crippen LogP contribution < -0.4 is 21.7 Å². The average Bonchev–Trinajstić information content (AvgIpc) is 0.947. The second kappa shape index (κ2) is 55.9. The highest BCUT2D eigenvalue weighted by molar-refractivity contribution is 6.08. The van der Waals surface area contributed by atoms with Crippen molar-refractivity contribution in [1.82, 2.24) is 45.9 Å². The number of carbonyl (C=O) groups excluding carboxylic acids is 2. The monoisotopic (exact) mass is 1340 g/mol. The van der Waals surface area contributed by atoms with Crippen molar-refractivity contribution in [1.29, 1.82) is 0 Å². The Labute approximate surface area is 598 Å². The lowest BCUT2D eigenvalue weighted by Crippen LogP contribution is -2.22. The maximum absolute atomic E-state index is 11.8. The average molecular weight is 1340 g/mol. The van der Waals surface area contributed by atoms with Crippen LogP contribution in [0, 0.1) is 0 Å². The van der Waals surface area contributed by atoms with Gasteiger partial charge in [-0.2, -0.15) is 0 Å². The summed E-state index contributed by atoms with van der Waals surface area (Å²) in [5.41, 5.74) is 21.0. The van der Waals surface area contributed by atoms with Gasteiger partial charge in [0.2, 0.25) is 5.78 Å². The zero-order valence-corrected chi connectivity index (χ0v) is 58.8. The SMILES string of the molecule is C.C.C.CC(C)=CCC/C(C)=C/CNCCCC(c1ccccc1)c1cccnc1.CC(C)=CCC/C(C)=C/CNCCCC(c1ccccn1)c1ccccn1.CC(C)=CCC/C(C)=C/CNCCN.O=C(c1ccccc1)c1cccnc1.O=C(c1ccccn1)c1ccccn1. The molecule has 12 heteroatoms. The van der Waals surface area contributed by atoms with Gasteiger partial charge in [-0.05, 0) is 217 Å². The molecule has 6 heterocycles. The van der Waals surface area contributed by atoms with E-state index in [1.54, 1.807) is 85.5 Å². The van der Waals surface area contributed by atoms with Gasteiger partial charge in [-0.25, -0.2) is 0 Å². The maximum atomic E-state index is 11.8. The van der Waals surface area contributed by atoms with E-state index in [4.69, 9.17) is 5.73 Å². The molecule has 99 heavy (non-hydrogen) atoms. The summed E-state index contributed by atoms with van der Waals surface area (Å²) in [6.45, 7) is 26.1. The summed E-state index contributed by atoms with van der Waals surface area (Å²) >= 11 is 0. The molecule has 1 atom stereocenters. The Morgan fingerprint density at radius 1 is 0.384 bits per heavy atom. The Kier molecular flexibility index (Phi) is 49.7. The van der Waals surface area contributed by atoms with Gasteiger partial charge in [0.1, 0.15) is 11.4 Å². The van der Waals surface area contributed by atoms with Crippen LogP contribution in [0.4, 0.5) is 0 Å². The lowest BCUT2D eigenvalue weighted by molar-refractivity contribution is 0.102. The summed E-state index contributed by atoms with van der Waals surface area (Å²) in [6, 6.07) is 50.4. The third-order valence-corrected chi connectivity index (χ3v) is 15.2. The molecule has 0 aliphatic rings. The zero-order valence-electron chi connectivity index (χ0n) is 58.8. The number of nitrogens with one attached hydrogen (secondary N) is 3. The van der Waals surface area contributed by atoms with Gasteiger partial charge < -0.3 is 21.7 Å². The van der Waals surface area contributed by atoms with E-state index in [-0.39, 0.29) is 39.8 Å². The second-order valence-electron chi connectivity index (χ2n) is 24.3. The minimum absolute atomic E-state index is 0. The molecular weight excluding hydrogens is 1220 g/mol. The summed E-state index contributed by atoms with van der Waals surface area (Å²) < 4.78 is 0. The van der Waals surface area contributed by atoms with Gasteiger partial charge in [0.25, 0.3) is 0 Å². The van der Waals surface area contributed by atoms with Crippen molar-refractivity contribution in [3.63, 3.8) is 0 Å². The second-order valence-corrected chi connectivity index (χ2v) is 24.3. The Morgan fingerprint density at radius 2 is 0.768 bits per heavy atom. The lowest BCUT2D eigenvalue weighted by Gasteiger charge is -2.17. The van der Waals surface area contributed by atoms with Crippen LogP contribution in [-0.2, 0) is 0 Å². The first-order valence-electron chi connectivity index (χ1n) is 34.1. The molecule has 0 saturated heterocycles. The first-order valence-corrected chi connectivity index (χ1v) is 34.1. The summed E-state index contributed by atoms with van der Waals surface area (Å²) in [7, 11) is 0. The van der Waals surface area contributed by atoms with E-state index in [9.17, 15) is 9.59 Å². The van der Waals surface area contributed by atoms with Gasteiger partial charge in [-0.1, -0.05) is 183 Å². The molecule has 1 unspecified atom stereocenters. The molecule has 0 amide bonds. The molecule has 8 aromatic rings. The summed E-state index contributed by atoms with van der Waals surface area (Å²) in [5.74, 6) is 0.545. The molecule has 0 saturated carbocycles. The minimum atomic E-state index is -0.147. The number of hydrogen-bond acceptors (Lipinski definition) is 12. The molecule has 5 N–H and O–H groups in total. The molecule has 0 aliphatic heterocycles. The van der Waals surface area contributed by atoms with E-state index in [0.717, 1.165) is 115 Å². The molecule has 0 radical (unpaired) electrons. The van der Waals surface area contributed by atoms with Gasteiger partial charge >= 0.3 is 0 Å². The molecule has 530 valence electrons. The summed E-state index contributed by atoms with van der Waals surface area (Å²) in [6.07, 6.45) is 39.1. The number of hydrogen-bond donors (Lipinski definition) is 4. The van der Waals surface area contributed by atoms with E-state index in [1.165, 1.54) is 44.6 Å². The van der Waals surface area contributed by atoms with Crippen molar-refractivity contribution in [3.8, 4) is 0 Å². The third-order valence-electron chi connectivity index (χ3n) is 15.2. The first kappa shape index (κ1) is 88.0. The number of pyridine rings is 6. The van der Waals surface area contributed by atoms with Crippen LogP contribution >= 0.6 is 0 Å². The molecule has 0 spiro atoms. The number of benzene rings is 2. The van der Waals surface area contributed by atoms with Crippen molar-refractivity contribution in [2.45, 2.75) is 161 Å². The largest absolute Gasteiger partial charge is 0.329 e. The van der Waals surface area contributed by atoms with Gasteiger partial charge in [-0.15, -0.1) is 0 Å². The van der Waals surface area contributed by atoms with Crippen molar-refractivity contribution >= 4 is 11.6 Å². The molecule has 6 aromatic heterocycles. The highest BCUT2D eigenvalue weighted by Gasteiger charge is 2.17. The number of aromatic nitrogens is 6. The van der Waals surface area contributed by atoms with Crippen molar-refractivity contribution in [2.75, 3.05) is 45.8 Å². The van der Waals surface area contributed by atoms with Crippen molar-refractivity contribution in [3.05, 3.63) is 322 Å². The zero-order chi connectivity index (χ0) is 69.1. The van der Waals surface area contributed by atoms with E-state index in [2.05, 4.69) is 205 Å². The van der Waals surface area contributed by atoms with Crippen LogP contribution in [0.2, 0.25) is 0 Å². The standard InChI is InChI=1S/C25H34N2.C24H33N3.C12H24N2.C12H9NO.C11H8N2O.3CH4/c1-21(2)10-7-11-22(3)16-19-26-17-9-15-25(23-12-5-4-6-13-23)24-14-8-18-27-20-24;1-20(2)10-8-11-21(3)15-19-25-16-9-12-22(23-13-4-6-17-26-23)24-14-5-7-18-27-24;1-11(2)5-4-6-12(3)7-9-14-10-8-13;14-12(10-5-2-1-3-6-10)11-7-4-8-13-9-11;14-11(9-5-1-3-7-12-9)10-6-2-4-8-13-10;;;/h4-6,8,10,12-14,16,18,20,25-26H,7,9,11,15,17,19H2,1-3H3;4-7,10,13-15,17-18,22,25H,8-9,11-12,16,19H2,1-3H3;5,7,14H,4,6,8-10,13H2,1-3H3;1-9H;1-8H;3*1H4/b22-16+;21-15+;12-7+;;;;;. The van der Waals surface area contributed by atoms with Crippen LogP contribution in [0.15, 0.2) is 277 Å². The Balaban J connectivity index is 0.000000635. The van der Waals surface area contributed by atoms with Gasteiger partial charge in [-0.3, -0.25) is 39.5 Å². The van der Waals surface area contributed by atoms with E-state index in [0.29, 0.717) is 35.0 Å². The first-order chi connectivity index (χ1) is 46.7. The number of allylic oxidation sites excluding steroid dienone is 9. The van der Waals surface area contributed by atoms with Gasteiger partial charge in [0, 0.05) is 117 Å². The normalized spacial score (nSPS) is 11.0. The van der Waals surface area contributed by atoms with Crippen LogP contribution in [0.25, 0.3) is 0 Å². The molecule has 0 fully saturated rings. The summed E-state index contributed by atoms with van der Waals surface area (Å²) in [4.78, 5) is 48.8. The molecule has 0 aliphatic carbocycles. The van der Waals surface area contributed by atoms with Crippen molar-refractivity contribution < 1.29 is 9.59 Å². The van der Waals surface area contributed by atoms with E-state index >= 15 is 0 Å². The Hall–Kier alpha value is -9.04. The third kappa shape index (κ3) is 40.5.